The molecule has 2 aromatic rings. The molecule has 0 heterocycles. The van der Waals surface area contributed by atoms with E-state index in [-0.39, 0.29) is 0 Å². The topological polar surface area (TPSA) is 46.2 Å². The van der Waals surface area contributed by atoms with Crippen molar-refractivity contribution in [2.75, 3.05) is 5.73 Å². The van der Waals surface area contributed by atoms with E-state index in [9.17, 15) is 5.11 Å². The highest BCUT2D eigenvalue weighted by atomic mass is 16.3. The zero-order valence-corrected chi connectivity index (χ0v) is 9.51. The summed E-state index contributed by atoms with van der Waals surface area (Å²) in [6.45, 7) is 3.72. The molecule has 0 fully saturated rings. The van der Waals surface area contributed by atoms with Gasteiger partial charge in [-0.2, -0.15) is 0 Å². The first-order chi connectivity index (χ1) is 8.20. The van der Waals surface area contributed by atoms with Crippen molar-refractivity contribution in [3.8, 4) is 0 Å². The van der Waals surface area contributed by atoms with Crippen molar-refractivity contribution in [2.45, 2.75) is 6.10 Å². The Kier molecular flexibility index (Phi) is 3.26. The van der Waals surface area contributed by atoms with E-state index in [2.05, 4.69) is 6.58 Å². The molecule has 86 valence electrons. The van der Waals surface area contributed by atoms with E-state index < -0.39 is 6.10 Å². The van der Waals surface area contributed by atoms with Gasteiger partial charge in [-0.25, -0.2) is 0 Å². The Balaban J connectivity index is 2.36. The Morgan fingerprint density at radius 1 is 1.06 bits per heavy atom. The second-order valence-corrected chi connectivity index (χ2v) is 3.95. The lowest BCUT2D eigenvalue weighted by atomic mass is 9.99. The average molecular weight is 225 g/mol. The lowest BCUT2D eigenvalue weighted by Gasteiger charge is -2.12. The fourth-order valence-corrected chi connectivity index (χ4v) is 1.78. The highest BCUT2D eigenvalue weighted by molar-refractivity contribution is 5.50. The molecule has 2 nitrogen and oxygen atoms in total. The molecule has 0 aliphatic heterocycles. The zero-order chi connectivity index (χ0) is 12.3. The van der Waals surface area contributed by atoms with Crippen molar-refractivity contribution in [3.05, 3.63) is 71.8 Å². The molecule has 0 saturated heterocycles. The van der Waals surface area contributed by atoms with Crippen molar-refractivity contribution in [3.63, 3.8) is 0 Å². The van der Waals surface area contributed by atoms with Crippen LogP contribution in [0.1, 0.15) is 22.8 Å². The molecule has 0 spiro atoms. The van der Waals surface area contributed by atoms with Gasteiger partial charge in [-0.1, -0.05) is 43.0 Å². The van der Waals surface area contributed by atoms with Gasteiger partial charge in [0.1, 0.15) is 6.10 Å². The molecule has 1 atom stereocenters. The van der Waals surface area contributed by atoms with Crippen LogP contribution >= 0.6 is 0 Å². The lowest BCUT2D eigenvalue weighted by molar-refractivity contribution is 0.220. The van der Waals surface area contributed by atoms with E-state index in [1.165, 1.54) is 0 Å². The van der Waals surface area contributed by atoms with Crippen LogP contribution in [-0.2, 0) is 0 Å². The van der Waals surface area contributed by atoms with Crippen molar-refractivity contribution < 1.29 is 5.11 Å². The molecule has 2 rings (SSSR count). The summed E-state index contributed by atoms with van der Waals surface area (Å²) in [7, 11) is 0. The molecule has 17 heavy (non-hydrogen) atoms. The van der Waals surface area contributed by atoms with Crippen LogP contribution in [-0.4, -0.2) is 5.11 Å². The van der Waals surface area contributed by atoms with E-state index >= 15 is 0 Å². The summed E-state index contributed by atoms with van der Waals surface area (Å²) < 4.78 is 0. The number of benzene rings is 2. The molecule has 0 amide bonds. The highest BCUT2D eigenvalue weighted by Gasteiger charge is 2.10. The quantitative estimate of drug-likeness (QED) is 0.789. The first kappa shape index (κ1) is 11.4. The minimum Gasteiger partial charge on any atom is -0.399 e. The maximum atomic E-state index is 10.2. The maximum absolute atomic E-state index is 10.2. The van der Waals surface area contributed by atoms with Gasteiger partial charge < -0.3 is 10.8 Å². The Labute approximate surface area is 101 Å². The Morgan fingerprint density at radius 2 is 1.71 bits per heavy atom. The number of anilines is 1. The average Bonchev–Trinajstić information content (AvgIpc) is 2.38. The van der Waals surface area contributed by atoms with Crippen molar-refractivity contribution in [1.29, 1.82) is 0 Å². The molecule has 0 radical (unpaired) electrons. The predicted molar refractivity (Wildman–Crippen MR) is 71.4 cm³/mol. The third kappa shape index (κ3) is 2.55. The van der Waals surface area contributed by atoms with Gasteiger partial charge >= 0.3 is 0 Å². The Bertz CT molecular complexity index is 534. The molecule has 0 aliphatic carbocycles. The summed E-state index contributed by atoms with van der Waals surface area (Å²) in [5.41, 5.74) is 8.99. The van der Waals surface area contributed by atoms with E-state index in [1.54, 1.807) is 18.2 Å². The van der Waals surface area contributed by atoms with Crippen molar-refractivity contribution >= 4 is 11.8 Å². The largest absolute Gasteiger partial charge is 0.399 e. The van der Waals surface area contributed by atoms with Crippen LogP contribution in [0.5, 0.6) is 0 Å². The number of nitrogen functional groups attached to an aromatic ring is 1. The second-order valence-electron chi connectivity index (χ2n) is 3.95. The third-order valence-corrected chi connectivity index (χ3v) is 2.69. The van der Waals surface area contributed by atoms with Crippen LogP contribution in [0.2, 0.25) is 0 Å². The van der Waals surface area contributed by atoms with Gasteiger partial charge in [0.05, 0.1) is 0 Å². The number of nitrogens with two attached hydrogens (primary N) is 1. The number of aliphatic hydroxyl groups excluding tert-OH is 1. The van der Waals surface area contributed by atoms with Gasteiger partial charge in [-0.15, -0.1) is 0 Å². The predicted octanol–water partition coefficient (Wildman–Crippen LogP) is 2.99. The lowest BCUT2D eigenvalue weighted by Crippen LogP contribution is -2.00. The van der Waals surface area contributed by atoms with Gasteiger partial charge in [0.25, 0.3) is 0 Å². The fourth-order valence-electron chi connectivity index (χ4n) is 1.78. The highest BCUT2D eigenvalue weighted by Crippen LogP contribution is 2.24. The van der Waals surface area contributed by atoms with Gasteiger partial charge in [0.2, 0.25) is 0 Å². The summed E-state index contributed by atoms with van der Waals surface area (Å²) in [6, 6.07) is 14.9. The van der Waals surface area contributed by atoms with Crippen LogP contribution in [0.15, 0.2) is 55.1 Å². The molecule has 1 unspecified atom stereocenters. The standard InChI is InChI=1S/C15H15NO/c1-2-11-5-3-6-12(9-11)15(17)13-7-4-8-14(16)10-13/h2-10,15,17H,1,16H2. The first-order valence-electron chi connectivity index (χ1n) is 5.46. The summed E-state index contributed by atoms with van der Waals surface area (Å²) in [5.74, 6) is 0. The molecule has 2 aromatic carbocycles. The van der Waals surface area contributed by atoms with E-state index in [0.29, 0.717) is 5.69 Å². The normalized spacial score (nSPS) is 12.1. The molecule has 0 saturated carbocycles. The second kappa shape index (κ2) is 4.85. The van der Waals surface area contributed by atoms with Gasteiger partial charge in [0, 0.05) is 5.69 Å². The molecular weight excluding hydrogens is 210 g/mol. The zero-order valence-electron chi connectivity index (χ0n) is 9.51. The summed E-state index contributed by atoms with van der Waals surface area (Å²) in [5, 5.41) is 10.2. The smallest absolute Gasteiger partial charge is 0.104 e. The van der Waals surface area contributed by atoms with Crippen LogP contribution in [0.3, 0.4) is 0 Å². The molecule has 3 N–H and O–H groups in total. The fraction of sp³-hybridized carbons (Fsp3) is 0.0667. The summed E-state index contributed by atoms with van der Waals surface area (Å²) in [4.78, 5) is 0. The van der Waals surface area contributed by atoms with Gasteiger partial charge in [0.15, 0.2) is 0 Å². The number of hydrogen-bond donors (Lipinski definition) is 2. The molecular formula is C15H15NO. The summed E-state index contributed by atoms with van der Waals surface area (Å²) in [6.07, 6.45) is 1.11. The first-order valence-corrected chi connectivity index (χ1v) is 5.46. The maximum Gasteiger partial charge on any atom is 0.104 e. The molecule has 0 aromatic heterocycles. The molecule has 2 heteroatoms. The van der Waals surface area contributed by atoms with Gasteiger partial charge in [-0.3, -0.25) is 0 Å². The number of aliphatic hydroxyl groups is 1. The Hall–Kier alpha value is -2.06. The van der Waals surface area contributed by atoms with E-state index in [4.69, 9.17) is 5.73 Å². The number of hydrogen-bond acceptors (Lipinski definition) is 2. The van der Waals surface area contributed by atoms with Crippen LogP contribution in [0.4, 0.5) is 5.69 Å². The number of rotatable bonds is 3. The minimum absolute atomic E-state index is 0.654. The Morgan fingerprint density at radius 3 is 2.35 bits per heavy atom. The van der Waals surface area contributed by atoms with Crippen LogP contribution in [0.25, 0.3) is 6.08 Å². The summed E-state index contributed by atoms with van der Waals surface area (Å²) >= 11 is 0. The monoisotopic (exact) mass is 225 g/mol. The SMILES string of the molecule is C=Cc1cccc(C(O)c2cccc(N)c2)c1. The van der Waals surface area contributed by atoms with Crippen molar-refractivity contribution in [2.24, 2.45) is 0 Å². The van der Waals surface area contributed by atoms with Gasteiger partial charge in [-0.05, 0) is 34.9 Å². The van der Waals surface area contributed by atoms with E-state index in [1.807, 2.05) is 36.4 Å². The van der Waals surface area contributed by atoms with E-state index in [0.717, 1.165) is 16.7 Å². The van der Waals surface area contributed by atoms with Crippen LogP contribution in [0, 0.1) is 0 Å². The van der Waals surface area contributed by atoms with Crippen LogP contribution < -0.4 is 5.73 Å². The minimum atomic E-state index is -0.654. The molecule has 0 aliphatic rings. The van der Waals surface area contributed by atoms with Crippen molar-refractivity contribution in [1.82, 2.24) is 0 Å². The molecule has 0 bridgehead atoms. The third-order valence-electron chi connectivity index (χ3n) is 2.69.